The van der Waals surface area contributed by atoms with E-state index in [2.05, 4.69) is 0 Å². The van der Waals surface area contributed by atoms with Crippen LogP contribution in [0.4, 0.5) is 0 Å². The van der Waals surface area contributed by atoms with Crippen LogP contribution < -0.4 is 5.73 Å². The molecule has 3 N–H and O–H groups in total. The maximum atomic E-state index is 7.38. The minimum atomic E-state index is -0.435. The fraction of sp³-hybridized carbons (Fsp3) is 0.364. The van der Waals surface area contributed by atoms with Gasteiger partial charge in [0.05, 0.1) is 6.61 Å². The zero-order valence-corrected chi connectivity index (χ0v) is 7.99. The summed E-state index contributed by atoms with van der Waals surface area (Å²) in [6.07, 6.45) is 1.77. The predicted octanol–water partition coefficient (Wildman–Crippen LogP) is 1.67. The second kappa shape index (κ2) is 3.42. The highest BCUT2D eigenvalue weighted by Gasteiger charge is 2.47. The smallest absolute Gasteiger partial charge is 0.125 e. The Morgan fingerprint density at radius 2 is 2.00 bits per heavy atom. The van der Waals surface area contributed by atoms with E-state index in [-0.39, 0.29) is 5.84 Å². The van der Waals surface area contributed by atoms with Crippen molar-refractivity contribution in [1.29, 1.82) is 5.41 Å². The number of nitrogens with one attached hydrogen (secondary N) is 1. The van der Waals surface area contributed by atoms with Gasteiger partial charge in [-0.15, -0.1) is 0 Å². The molecule has 1 saturated carbocycles. The Morgan fingerprint density at radius 3 is 2.50 bits per heavy atom. The van der Waals surface area contributed by atoms with Crippen molar-refractivity contribution < 1.29 is 4.74 Å². The van der Waals surface area contributed by atoms with Gasteiger partial charge in [-0.05, 0) is 18.4 Å². The second-order valence-electron chi connectivity index (χ2n) is 3.68. The molecule has 1 aromatic carbocycles. The SMILES string of the molecule is N=C(N)C1(OCc2ccccc2)CC1. The molecule has 2 rings (SSSR count). The van der Waals surface area contributed by atoms with Crippen LogP contribution in [-0.2, 0) is 11.3 Å². The van der Waals surface area contributed by atoms with Crippen LogP contribution in [0.3, 0.4) is 0 Å². The monoisotopic (exact) mass is 190 g/mol. The van der Waals surface area contributed by atoms with Crippen LogP contribution in [0.2, 0.25) is 0 Å². The molecule has 0 aromatic heterocycles. The summed E-state index contributed by atoms with van der Waals surface area (Å²) in [4.78, 5) is 0. The molecule has 0 amide bonds. The molecule has 74 valence electrons. The standard InChI is InChI=1S/C11H14N2O/c12-10(13)11(6-7-11)14-8-9-4-2-1-3-5-9/h1-5H,6-8H2,(H3,12,13). The Kier molecular flexibility index (Phi) is 2.25. The Bertz CT molecular complexity index is 330. The molecule has 0 heterocycles. The van der Waals surface area contributed by atoms with E-state index >= 15 is 0 Å². The van der Waals surface area contributed by atoms with E-state index in [9.17, 15) is 0 Å². The summed E-state index contributed by atoms with van der Waals surface area (Å²) in [6.45, 7) is 0.542. The van der Waals surface area contributed by atoms with Gasteiger partial charge in [0.25, 0.3) is 0 Å². The molecule has 0 unspecified atom stereocenters. The van der Waals surface area contributed by atoms with Crippen molar-refractivity contribution in [2.75, 3.05) is 0 Å². The first kappa shape index (κ1) is 9.21. The quantitative estimate of drug-likeness (QED) is 0.560. The molecule has 3 heteroatoms. The minimum absolute atomic E-state index is 0.161. The fourth-order valence-electron chi connectivity index (χ4n) is 1.40. The molecule has 0 aliphatic heterocycles. The number of rotatable bonds is 4. The number of nitrogens with two attached hydrogens (primary N) is 1. The van der Waals surface area contributed by atoms with Gasteiger partial charge >= 0.3 is 0 Å². The van der Waals surface area contributed by atoms with Gasteiger partial charge in [-0.3, -0.25) is 5.41 Å². The van der Waals surface area contributed by atoms with Gasteiger partial charge in [0.1, 0.15) is 11.4 Å². The number of hydrogen-bond donors (Lipinski definition) is 2. The van der Waals surface area contributed by atoms with Gasteiger partial charge in [0.15, 0.2) is 0 Å². The average Bonchev–Trinajstić information content (AvgIpc) is 2.97. The van der Waals surface area contributed by atoms with Crippen LogP contribution in [0.1, 0.15) is 18.4 Å². The van der Waals surface area contributed by atoms with E-state index in [1.165, 1.54) is 0 Å². The summed E-state index contributed by atoms with van der Waals surface area (Å²) in [5.74, 6) is 0.161. The summed E-state index contributed by atoms with van der Waals surface area (Å²) >= 11 is 0. The molecule has 0 atom stereocenters. The minimum Gasteiger partial charge on any atom is -0.385 e. The Hall–Kier alpha value is -1.35. The van der Waals surface area contributed by atoms with Crippen LogP contribution in [0.15, 0.2) is 30.3 Å². The van der Waals surface area contributed by atoms with Crippen LogP contribution in [0, 0.1) is 5.41 Å². The van der Waals surface area contributed by atoms with Crippen molar-refractivity contribution in [2.24, 2.45) is 5.73 Å². The van der Waals surface area contributed by atoms with E-state index < -0.39 is 5.60 Å². The van der Waals surface area contributed by atoms with Crippen LogP contribution in [0.25, 0.3) is 0 Å². The Morgan fingerprint density at radius 1 is 1.36 bits per heavy atom. The Labute approximate surface area is 83.4 Å². The van der Waals surface area contributed by atoms with Gasteiger partial charge in [-0.2, -0.15) is 0 Å². The summed E-state index contributed by atoms with van der Waals surface area (Å²) in [7, 11) is 0. The van der Waals surface area contributed by atoms with E-state index in [4.69, 9.17) is 15.9 Å². The Balaban J connectivity index is 1.92. The lowest BCUT2D eigenvalue weighted by Gasteiger charge is -2.14. The fourth-order valence-corrected chi connectivity index (χ4v) is 1.40. The van der Waals surface area contributed by atoms with Gasteiger partial charge in [-0.25, -0.2) is 0 Å². The zero-order chi connectivity index (χ0) is 10.0. The number of amidine groups is 1. The molecule has 1 aliphatic carbocycles. The molecule has 3 nitrogen and oxygen atoms in total. The summed E-state index contributed by atoms with van der Waals surface area (Å²) in [5.41, 5.74) is 6.15. The molecular weight excluding hydrogens is 176 g/mol. The maximum absolute atomic E-state index is 7.38. The maximum Gasteiger partial charge on any atom is 0.125 e. The number of ether oxygens (including phenoxy) is 1. The highest BCUT2D eigenvalue weighted by molar-refractivity contribution is 5.89. The molecule has 1 fully saturated rings. The third-order valence-electron chi connectivity index (χ3n) is 2.55. The molecule has 0 radical (unpaired) electrons. The first-order valence-corrected chi connectivity index (χ1v) is 4.75. The summed E-state index contributed by atoms with van der Waals surface area (Å²) in [6, 6.07) is 9.95. The average molecular weight is 190 g/mol. The topological polar surface area (TPSA) is 59.1 Å². The number of hydrogen-bond acceptors (Lipinski definition) is 2. The first-order valence-electron chi connectivity index (χ1n) is 4.75. The third kappa shape index (κ3) is 1.77. The van der Waals surface area contributed by atoms with Crippen molar-refractivity contribution in [2.45, 2.75) is 25.0 Å². The molecule has 0 spiro atoms. The zero-order valence-electron chi connectivity index (χ0n) is 7.99. The van der Waals surface area contributed by atoms with Crippen molar-refractivity contribution in [3.05, 3.63) is 35.9 Å². The molecule has 1 aliphatic rings. The lowest BCUT2D eigenvalue weighted by Crippen LogP contribution is -2.32. The van der Waals surface area contributed by atoms with Gasteiger partial charge < -0.3 is 10.5 Å². The summed E-state index contributed by atoms with van der Waals surface area (Å²) in [5, 5.41) is 7.38. The second-order valence-corrected chi connectivity index (χ2v) is 3.68. The van der Waals surface area contributed by atoms with E-state index in [1.807, 2.05) is 30.3 Å². The van der Waals surface area contributed by atoms with E-state index in [1.54, 1.807) is 0 Å². The van der Waals surface area contributed by atoms with Gasteiger partial charge in [0, 0.05) is 0 Å². The van der Waals surface area contributed by atoms with Crippen molar-refractivity contribution in [3.8, 4) is 0 Å². The van der Waals surface area contributed by atoms with Gasteiger partial charge in [0.2, 0.25) is 0 Å². The van der Waals surface area contributed by atoms with Crippen LogP contribution >= 0.6 is 0 Å². The molecule has 14 heavy (non-hydrogen) atoms. The van der Waals surface area contributed by atoms with Crippen LogP contribution in [0.5, 0.6) is 0 Å². The normalized spacial score (nSPS) is 17.7. The van der Waals surface area contributed by atoms with Crippen LogP contribution in [-0.4, -0.2) is 11.4 Å². The van der Waals surface area contributed by atoms with Crippen molar-refractivity contribution >= 4 is 5.84 Å². The lowest BCUT2D eigenvalue weighted by atomic mass is 10.2. The highest BCUT2D eigenvalue weighted by atomic mass is 16.5. The van der Waals surface area contributed by atoms with E-state index in [0.717, 1.165) is 18.4 Å². The van der Waals surface area contributed by atoms with Gasteiger partial charge in [-0.1, -0.05) is 30.3 Å². The third-order valence-corrected chi connectivity index (χ3v) is 2.55. The first-order chi connectivity index (χ1) is 6.73. The molecule has 0 saturated heterocycles. The van der Waals surface area contributed by atoms with Crippen molar-refractivity contribution in [3.63, 3.8) is 0 Å². The molecular formula is C11H14N2O. The lowest BCUT2D eigenvalue weighted by molar-refractivity contribution is 0.0656. The molecule has 1 aromatic rings. The molecule has 0 bridgehead atoms. The number of benzene rings is 1. The summed E-state index contributed by atoms with van der Waals surface area (Å²) < 4.78 is 5.64. The van der Waals surface area contributed by atoms with Crippen molar-refractivity contribution in [1.82, 2.24) is 0 Å². The predicted molar refractivity (Wildman–Crippen MR) is 55.1 cm³/mol. The van der Waals surface area contributed by atoms with E-state index in [0.29, 0.717) is 6.61 Å². The highest BCUT2D eigenvalue weighted by Crippen LogP contribution is 2.39. The largest absolute Gasteiger partial charge is 0.385 e.